The van der Waals surface area contributed by atoms with Gasteiger partial charge in [0.2, 0.25) is 0 Å². The number of benzene rings is 1. The van der Waals surface area contributed by atoms with Gasteiger partial charge in [0.25, 0.3) is 11.7 Å². The highest BCUT2D eigenvalue weighted by Crippen LogP contribution is 2.36. The summed E-state index contributed by atoms with van der Waals surface area (Å²) in [4.78, 5) is 22.8. The van der Waals surface area contributed by atoms with Crippen LogP contribution in [0.4, 0.5) is 5.69 Å². The second-order valence-electron chi connectivity index (χ2n) is 5.84. The molecule has 1 amide bonds. The van der Waals surface area contributed by atoms with Crippen LogP contribution in [0.1, 0.15) is 27.9 Å². The number of para-hydroxylation sites is 1. The van der Waals surface area contributed by atoms with Gasteiger partial charge in [0, 0.05) is 16.2 Å². The van der Waals surface area contributed by atoms with Crippen molar-refractivity contribution >= 4 is 40.5 Å². The standard InChI is InChI=1S/C19H17N5OS2/c1-3-13-12(2)22-19-20-11-21-24(19)18(13)27-15-8-5-4-7-14(15)23-17(25)16-9-6-10-26-16/h4-11H,3H2,1-2H3,(H,23,25). The summed E-state index contributed by atoms with van der Waals surface area (Å²) < 4.78 is 1.76. The number of rotatable bonds is 5. The maximum absolute atomic E-state index is 12.5. The number of aryl methyl sites for hydroxylation is 1. The number of amides is 1. The number of aromatic nitrogens is 4. The predicted octanol–water partition coefficient (Wildman–Crippen LogP) is 4.46. The normalized spacial score (nSPS) is 11.0. The van der Waals surface area contributed by atoms with Crippen LogP contribution in [0.2, 0.25) is 0 Å². The third-order valence-corrected chi connectivity index (χ3v) is 6.18. The van der Waals surface area contributed by atoms with E-state index in [4.69, 9.17) is 0 Å². The molecule has 3 aromatic heterocycles. The number of carbonyl (C=O) groups excluding carboxylic acids is 1. The predicted molar refractivity (Wildman–Crippen MR) is 108 cm³/mol. The lowest BCUT2D eigenvalue weighted by atomic mass is 10.2. The lowest BCUT2D eigenvalue weighted by molar-refractivity contribution is 0.103. The molecule has 0 saturated heterocycles. The Morgan fingerprint density at radius 1 is 1.26 bits per heavy atom. The van der Waals surface area contributed by atoms with Crippen molar-refractivity contribution in [2.24, 2.45) is 0 Å². The van der Waals surface area contributed by atoms with Crippen LogP contribution < -0.4 is 5.32 Å². The molecule has 0 saturated carbocycles. The Morgan fingerprint density at radius 2 is 2.11 bits per heavy atom. The van der Waals surface area contributed by atoms with Crippen molar-refractivity contribution in [2.75, 3.05) is 5.32 Å². The van der Waals surface area contributed by atoms with E-state index in [0.29, 0.717) is 10.7 Å². The number of hydrogen-bond acceptors (Lipinski definition) is 6. The fraction of sp³-hybridized carbons (Fsp3) is 0.158. The van der Waals surface area contributed by atoms with Gasteiger partial charge in [-0.2, -0.15) is 14.6 Å². The van der Waals surface area contributed by atoms with Gasteiger partial charge in [0.15, 0.2) is 0 Å². The number of nitrogens with zero attached hydrogens (tertiary/aromatic N) is 4. The zero-order valence-corrected chi connectivity index (χ0v) is 16.5. The number of fused-ring (bicyclic) bond motifs is 1. The molecule has 0 aliphatic heterocycles. The SMILES string of the molecule is CCc1c(C)nc2ncnn2c1Sc1ccccc1NC(=O)c1cccs1. The monoisotopic (exact) mass is 395 g/mol. The van der Waals surface area contributed by atoms with Gasteiger partial charge in [-0.15, -0.1) is 11.3 Å². The van der Waals surface area contributed by atoms with Gasteiger partial charge >= 0.3 is 0 Å². The maximum Gasteiger partial charge on any atom is 0.265 e. The minimum atomic E-state index is -0.106. The van der Waals surface area contributed by atoms with Gasteiger partial charge in [-0.05, 0) is 36.9 Å². The highest BCUT2D eigenvalue weighted by Gasteiger charge is 2.17. The van der Waals surface area contributed by atoms with Crippen LogP contribution in [0.3, 0.4) is 0 Å². The third kappa shape index (κ3) is 3.45. The Balaban J connectivity index is 1.73. The third-order valence-electron chi connectivity index (χ3n) is 4.13. The van der Waals surface area contributed by atoms with Gasteiger partial charge in [-0.1, -0.05) is 36.9 Å². The molecule has 27 heavy (non-hydrogen) atoms. The fourth-order valence-electron chi connectivity index (χ4n) is 2.82. The van der Waals surface area contributed by atoms with Crippen molar-refractivity contribution in [1.29, 1.82) is 0 Å². The molecule has 0 radical (unpaired) electrons. The lowest BCUT2D eigenvalue weighted by Crippen LogP contribution is -2.11. The van der Waals surface area contributed by atoms with Crippen LogP contribution in [0.5, 0.6) is 0 Å². The van der Waals surface area contributed by atoms with E-state index in [-0.39, 0.29) is 5.91 Å². The molecular formula is C19H17N5OS2. The van der Waals surface area contributed by atoms with Gasteiger partial charge in [0.05, 0.1) is 10.6 Å². The van der Waals surface area contributed by atoms with Gasteiger partial charge in [-0.3, -0.25) is 4.79 Å². The van der Waals surface area contributed by atoms with E-state index in [1.807, 2.05) is 48.7 Å². The molecule has 8 heteroatoms. The Bertz CT molecular complexity index is 1100. The largest absolute Gasteiger partial charge is 0.320 e. The molecule has 0 unspecified atom stereocenters. The van der Waals surface area contributed by atoms with Crippen LogP contribution in [-0.2, 0) is 6.42 Å². The fourth-order valence-corrected chi connectivity index (χ4v) is 4.66. The first kappa shape index (κ1) is 17.7. The molecule has 0 bridgehead atoms. The van der Waals surface area contributed by atoms with Crippen molar-refractivity contribution in [3.8, 4) is 0 Å². The molecule has 4 rings (SSSR count). The van der Waals surface area contributed by atoms with E-state index in [0.717, 1.165) is 33.3 Å². The number of hydrogen-bond donors (Lipinski definition) is 1. The molecule has 0 aliphatic carbocycles. The van der Waals surface area contributed by atoms with E-state index in [1.165, 1.54) is 17.7 Å². The molecule has 3 heterocycles. The van der Waals surface area contributed by atoms with Crippen molar-refractivity contribution in [1.82, 2.24) is 19.6 Å². The van der Waals surface area contributed by atoms with Crippen molar-refractivity contribution in [2.45, 2.75) is 30.2 Å². The Labute approximate surface area is 164 Å². The zero-order valence-electron chi connectivity index (χ0n) is 14.8. The second kappa shape index (κ2) is 7.50. The summed E-state index contributed by atoms with van der Waals surface area (Å²) in [7, 11) is 0. The molecule has 136 valence electrons. The maximum atomic E-state index is 12.5. The first-order chi connectivity index (χ1) is 13.2. The van der Waals surface area contributed by atoms with Crippen LogP contribution in [0.25, 0.3) is 5.78 Å². The molecule has 0 atom stereocenters. The van der Waals surface area contributed by atoms with E-state index < -0.39 is 0 Å². The summed E-state index contributed by atoms with van der Waals surface area (Å²) in [6, 6.07) is 11.5. The number of nitrogens with one attached hydrogen (secondary N) is 1. The minimum absolute atomic E-state index is 0.106. The summed E-state index contributed by atoms with van der Waals surface area (Å²) in [6.07, 6.45) is 2.34. The number of carbonyl (C=O) groups is 1. The number of thiophene rings is 1. The zero-order chi connectivity index (χ0) is 18.8. The first-order valence-electron chi connectivity index (χ1n) is 8.48. The molecule has 1 N–H and O–H groups in total. The van der Waals surface area contributed by atoms with Crippen molar-refractivity contribution in [3.63, 3.8) is 0 Å². The highest BCUT2D eigenvalue weighted by atomic mass is 32.2. The van der Waals surface area contributed by atoms with Crippen LogP contribution >= 0.6 is 23.1 Å². The summed E-state index contributed by atoms with van der Waals surface area (Å²) in [5.74, 6) is 0.470. The van der Waals surface area contributed by atoms with E-state index >= 15 is 0 Å². The molecular weight excluding hydrogens is 378 g/mol. The summed E-state index contributed by atoms with van der Waals surface area (Å²) in [6.45, 7) is 4.09. The van der Waals surface area contributed by atoms with E-state index in [9.17, 15) is 4.79 Å². The topological polar surface area (TPSA) is 72.2 Å². The van der Waals surface area contributed by atoms with Gasteiger partial charge < -0.3 is 5.32 Å². The van der Waals surface area contributed by atoms with Crippen LogP contribution in [0.15, 0.2) is 58.0 Å². The summed E-state index contributed by atoms with van der Waals surface area (Å²) >= 11 is 2.98. The lowest BCUT2D eigenvalue weighted by Gasteiger charge is -2.14. The molecule has 0 aliphatic rings. The smallest absolute Gasteiger partial charge is 0.265 e. The Hall–Kier alpha value is -2.71. The van der Waals surface area contributed by atoms with E-state index in [2.05, 4.69) is 27.3 Å². The quantitative estimate of drug-likeness (QED) is 0.505. The molecule has 0 fully saturated rings. The van der Waals surface area contributed by atoms with Gasteiger partial charge in [0.1, 0.15) is 11.4 Å². The summed E-state index contributed by atoms with van der Waals surface area (Å²) in [5.41, 5.74) is 2.84. The Morgan fingerprint density at radius 3 is 2.89 bits per heavy atom. The molecule has 0 spiro atoms. The molecule has 4 aromatic rings. The molecule has 6 nitrogen and oxygen atoms in total. The summed E-state index contributed by atoms with van der Waals surface area (Å²) in [5, 5.41) is 10.2. The van der Waals surface area contributed by atoms with Crippen molar-refractivity contribution in [3.05, 3.63) is 64.2 Å². The Kier molecular flexibility index (Phi) is 4.91. The van der Waals surface area contributed by atoms with E-state index in [1.54, 1.807) is 16.3 Å². The average Bonchev–Trinajstić information content (AvgIpc) is 3.34. The first-order valence-corrected chi connectivity index (χ1v) is 10.2. The highest BCUT2D eigenvalue weighted by molar-refractivity contribution is 7.99. The second-order valence-corrected chi connectivity index (χ2v) is 7.81. The molecule has 1 aromatic carbocycles. The van der Waals surface area contributed by atoms with Crippen LogP contribution in [0, 0.1) is 6.92 Å². The minimum Gasteiger partial charge on any atom is -0.320 e. The van der Waals surface area contributed by atoms with Crippen molar-refractivity contribution < 1.29 is 4.79 Å². The van der Waals surface area contributed by atoms with Gasteiger partial charge in [-0.25, -0.2) is 4.98 Å². The van der Waals surface area contributed by atoms with Crippen LogP contribution in [-0.4, -0.2) is 25.5 Å². The number of anilines is 1. The average molecular weight is 396 g/mol.